The lowest BCUT2D eigenvalue weighted by Crippen LogP contribution is -2.34. The molecule has 1 saturated carbocycles. The van der Waals surface area contributed by atoms with E-state index < -0.39 is 0 Å². The van der Waals surface area contributed by atoms with E-state index in [1.54, 1.807) is 0 Å². The number of nitrogens with one attached hydrogen (secondary N) is 1. The zero-order valence-electron chi connectivity index (χ0n) is 10.6. The lowest BCUT2D eigenvalue weighted by molar-refractivity contribution is 0.0561. The molecule has 1 fully saturated rings. The van der Waals surface area contributed by atoms with Crippen LogP contribution < -0.4 is 5.32 Å². The van der Waals surface area contributed by atoms with Gasteiger partial charge in [-0.05, 0) is 33.2 Å². The van der Waals surface area contributed by atoms with Crippen LogP contribution in [-0.2, 0) is 4.74 Å². The number of rotatable bonds is 6. The molecule has 0 aromatic rings. The maximum absolute atomic E-state index is 5.67. The summed E-state index contributed by atoms with van der Waals surface area (Å²) in [4.78, 5) is 0. The average Bonchev–Trinajstić information content (AvgIpc) is 2.25. The first-order valence-corrected chi connectivity index (χ1v) is 6.51. The Bertz CT molecular complexity index is 153. The van der Waals surface area contributed by atoms with Gasteiger partial charge in [0, 0.05) is 6.04 Å². The van der Waals surface area contributed by atoms with Crippen molar-refractivity contribution in [3.05, 3.63) is 0 Å². The van der Waals surface area contributed by atoms with E-state index in [-0.39, 0.29) is 0 Å². The van der Waals surface area contributed by atoms with E-state index in [1.807, 2.05) is 0 Å². The standard InChI is InChI=1S/C13H27NO/c1-11(2)15-10-13(14-3)9-12-7-5-4-6-8-12/h11-14H,4-10H2,1-3H3. The van der Waals surface area contributed by atoms with Gasteiger partial charge in [-0.15, -0.1) is 0 Å². The summed E-state index contributed by atoms with van der Waals surface area (Å²) in [6.07, 6.45) is 8.83. The molecule has 0 saturated heterocycles. The molecular weight excluding hydrogens is 186 g/mol. The molecule has 0 aromatic heterocycles. The van der Waals surface area contributed by atoms with E-state index in [0.717, 1.165) is 12.5 Å². The molecule has 90 valence electrons. The number of ether oxygens (including phenoxy) is 1. The molecule has 1 unspecified atom stereocenters. The van der Waals surface area contributed by atoms with Gasteiger partial charge in [0.2, 0.25) is 0 Å². The van der Waals surface area contributed by atoms with Crippen molar-refractivity contribution in [2.75, 3.05) is 13.7 Å². The van der Waals surface area contributed by atoms with Crippen LogP contribution in [0.4, 0.5) is 0 Å². The van der Waals surface area contributed by atoms with Gasteiger partial charge in [0.15, 0.2) is 0 Å². The largest absolute Gasteiger partial charge is 0.377 e. The number of likely N-dealkylation sites (N-methyl/N-ethyl adjacent to an activating group) is 1. The molecule has 1 aliphatic rings. The van der Waals surface area contributed by atoms with E-state index in [9.17, 15) is 0 Å². The van der Waals surface area contributed by atoms with Crippen molar-refractivity contribution in [2.45, 2.75) is 64.5 Å². The third-order valence-electron chi connectivity index (χ3n) is 3.38. The number of hydrogen-bond acceptors (Lipinski definition) is 2. The van der Waals surface area contributed by atoms with Gasteiger partial charge in [-0.3, -0.25) is 0 Å². The van der Waals surface area contributed by atoms with E-state index >= 15 is 0 Å². The van der Waals surface area contributed by atoms with E-state index in [4.69, 9.17) is 4.74 Å². The van der Waals surface area contributed by atoms with Crippen molar-refractivity contribution >= 4 is 0 Å². The second kappa shape index (κ2) is 7.24. The third kappa shape index (κ3) is 5.53. The molecule has 0 spiro atoms. The van der Waals surface area contributed by atoms with Gasteiger partial charge in [-0.2, -0.15) is 0 Å². The summed E-state index contributed by atoms with van der Waals surface area (Å²) in [5.74, 6) is 0.937. The van der Waals surface area contributed by atoms with Crippen molar-refractivity contribution in [1.29, 1.82) is 0 Å². The highest BCUT2D eigenvalue weighted by atomic mass is 16.5. The van der Waals surface area contributed by atoms with Gasteiger partial charge in [-0.1, -0.05) is 32.1 Å². The fourth-order valence-corrected chi connectivity index (χ4v) is 2.40. The minimum Gasteiger partial charge on any atom is -0.377 e. The highest BCUT2D eigenvalue weighted by Crippen LogP contribution is 2.27. The Balaban J connectivity index is 2.19. The summed E-state index contributed by atoms with van der Waals surface area (Å²) in [7, 11) is 2.05. The Morgan fingerprint density at radius 3 is 2.40 bits per heavy atom. The van der Waals surface area contributed by atoms with Crippen LogP contribution in [0.1, 0.15) is 52.4 Å². The van der Waals surface area contributed by atoms with Crippen molar-refractivity contribution in [1.82, 2.24) is 5.32 Å². The summed E-state index contributed by atoms with van der Waals surface area (Å²) in [5, 5.41) is 3.38. The Morgan fingerprint density at radius 1 is 1.20 bits per heavy atom. The molecule has 1 aliphatic carbocycles. The fourth-order valence-electron chi connectivity index (χ4n) is 2.40. The minimum absolute atomic E-state index is 0.354. The molecule has 1 atom stereocenters. The van der Waals surface area contributed by atoms with Crippen LogP contribution >= 0.6 is 0 Å². The monoisotopic (exact) mass is 213 g/mol. The molecule has 0 radical (unpaired) electrons. The zero-order valence-corrected chi connectivity index (χ0v) is 10.6. The molecule has 1 N–H and O–H groups in total. The summed E-state index contributed by atoms with van der Waals surface area (Å²) in [5.41, 5.74) is 0. The second-order valence-corrected chi connectivity index (χ2v) is 5.11. The first kappa shape index (κ1) is 13.0. The van der Waals surface area contributed by atoms with Crippen LogP contribution in [0.15, 0.2) is 0 Å². The predicted octanol–water partition coefficient (Wildman–Crippen LogP) is 2.97. The van der Waals surface area contributed by atoms with Crippen LogP contribution in [0.25, 0.3) is 0 Å². The van der Waals surface area contributed by atoms with E-state index in [2.05, 4.69) is 26.2 Å². The van der Waals surface area contributed by atoms with Gasteiger partial charge in [0.05, 0.1) is 12.7 Å². The molecule has 15 heavy (non-hydrogen) atoms. The number of hydrogen-bond donors (Lipinski definition) is 1. The molecule has 1 rings (SSSR count). The van der Waals surface area contributed by atoms with E-state index in [0.29, 0.717) is 12.1 Å². The first-order valence-electron chi connectivity index (χ1n) is 6.51. The normalized spacial score (nSPS) is 20.8. The summed E-state index contributed by atoms with van der Waals surface area (Å²) < 4.78 is 5.67. The smallest absolute Gasteiger partial charge is 0.0623 e. The summed E-state index contributed by atoms with van der Waals surface area (Å²) in [6.45, 7) is 5.07. The fraction of sp³-hybridized carbons (Fsp3) is 1.00. The zero-order chi connectivity index (χ0) is 11.1. The van der Waals surface area contributed by atoms with Crippen LogP contribution in [0.3, 0.4) is 0 Å². The van der Waals surface area contributed by atoms with Crippen molar-refractivity contribution in [2.24, 2.45) is 5.92 Å². The Hall–Kier alpha value is -0.0800. The lowest BCUT2D eigenvalue weighted by atomic mass is 9.85. The quantitative estimate of drug-likeness (QED) is 0.732. The van der Waals surface area contributed by atoms with Gasteiger partial charge in [-0.25, -0.2) is 0 Å². The SMILES string of the molecule is CNC(COC(C)C)CC1CCCCC1. The Morgan fingerprint density at radius 2 is 1.87 bits per heavy atom. The molecule has 0 aromatic carbocycles. The molecular formula is C13H27NO. The van der Waals surface area contributed by atoms with Crippen molar-refractivity contribution < 1.29 is 4.74 Å². The highest BCUT2D eigenvalue weighted by molar-refractivity contribution is 4.73. The summed E-state index contributed by atoms with van der Waals surface area (Å²) >= 11 is 0. The van der Waals surface area contributed by atoms with Gasteiger partial charge in [0.1, 0.15) is 0 Å². The van der Waals surface area contributed by atoms with Crippen LogP contribution in [-0.4, -0.2) is 25.8 Å². The minimum atomic E-state index is 0.354. The molecule has 0 amide bonds. The van der Waals surface area contributed by atoms with Crippen LogP contribution in [0.5, 0.6) is 0 Å². The Labute approximate surface area is 94.8 Å². The average molecular weight is 213 g/mol. The van der Waals surface area contributed by atoms with E-state index in [1.165, 1.54) is 38.5 Å². The topological polar surface area (TPSA) is 21.3 Å². The molecule has 0 aliphatic heterocycles. The molecule has 0 bridgehead atoms. The van der Waals surface area contributed by atoms with Gasteiger partial charge in [0.25, 0.3) is 0 Å². The molecule has 0 heterocycles. The van der Waals surface area contributed by atoms with Crippen molar-refractivity contribution in [3.63, 3.8) is 0 Å². The van der Waals surface area contributed by atoms with Crippen LogP contribution in [0, 0.1) is 5.92 Å². The lowest BCUT2D eigenvalue weighted by Gasteiger charge is -2.26. The van der Waals surface area contributed by atoms with Gasteiger partial charge >= 0.3 is 0 Å². The maximum atomic E-state index is 5.67. The highest BCUT2D eigenvalue weighted by Gasteiger charge is 2.18. The Kier molecular flexibility index (Phi) is 6.26. The third-order valence-corrected chi connectivity index (χ3v) is 3.38. The first-order chi connectivity index (χ1) is 7.22. The predicted molar refractivity (Wildman–Crippen MR) is 65.1 cm³/mol. The molecule has 2 nitrogen and oxygen atoms in total. The summed E-state index contributed by atoms with van der Waals surface area (Å²) in [6, 6.07) is 0.551. The van der Waals surface area contributed by atoms with Crippen LogP contribution in [0.2, 0.25) is 0 Å². The maximum Gasteiger partial charge on any atom is 0.0623 e. The van der Waals surface area contributed by atoms with Gasteiger partial charge < -0.3 is 10.1 Å². The molecule has 2 heteroatoms. The second-order valence-electron chi connectivity index (χ2n) is 5.11. The van der Waals surface area contributed by atoms with Crippen molar-refractivity contribution in [3.8, 4) is 0 Å².